The van der Waals surface area contributed by atoms with Gasteiger partial charge in [0.1, 0.15) is 6.29 Å². The first-order valence-electron chi connectivity index (χ1n) is 6.92. The number of carbonyl (C=O) groups is 1. The van der Waals surface area contributed by atoms with Gasteiger partial charge in [0.15, 0.2) is 0 Å². The zero-order valence-corrected chi connectivity index (χ0v) is 11.9. The average Bonchev–Trinajstić information content (AvgIpc) is 2.36. The van der Waals surface area contributed by atoms with Gasteiger partial charge in [0.2, 0.25) is 0 Å². The third-order valence-electron chi connectivity index (χ3n) is 4.41. The van der Waals surface area contributed by atoms with Crippen molar-refractivity contribution in [3.05, 3.63) is 0 Å². The van der Waals surface area contributed by atoms with E-state index in [0.29, 0.717) is 6.04 Å². The highest BCUT2D eigenvalue weighted by molar-refractivity contribution is 5.59. The maximum atomic E-state index is 11.3. The van der Waals surface area contributed by atoms with Crippen molar-refractivity contribution in [2.75, 3.05) is 33.7 Å². The molecule has 1 heterocycles. The zero-order chi connectivity index (χ0) is 12.9. The van der Waals surface area contributed by atoms with Gasteiger partial charge >= 0.3 is 0 Å². The van der Waals surface area contributed by atoms with Crippen LogP contribution in [-0.2, 0) is 4.79 Å². The number of carbonyl (C=O) groups excluding carboxylic acids is 1. The van der Waals surface area contributed by atoms with Crippen molar-refractivity contribution in [1.82, 2.24) is 9.80 Å². The zero-order valence-electron chi connectivity index (χ0n) is 11.9. The number of hydrogen-bond donors (Lipinski definition) is 0. The SMILES string of the molecule is CCC(C=O)(CC)CN1CCCC(N(C)C)C1. The van der Waals surface area contributed by atoms with Gasteiger partial charge in [0.05, 0.1) is 0 Å². The number of likely N-dealkylation sites (tertiary alicyclic amines) is 1. The maximum Gasteiger partial charge on any atom is 0.127 e. The summed E-state index contributed by atoms with van der Waals surface area (Å²) in [5, 5.41) is 0. The lowest BCUT2D eigenvalue weighted by Gasteiger charge is -2.40. The lowest BCUT2D eigenvalue weighted by atomic mass is 9.83. The molecule has 1 rings (SSSR count). The monoisotopic (exact) mass is 240 g/mol. The summed E-state index contributed by atoms with van der Waals surface area (Å²) in [5.74, 6) is 0. The van der Waals surface area contributed by atoms with E-state index in [4.69, 9.17) is 0 Å². The minimum atomic E-state index is -0.117. The van der Waals surface area contributed by atoms with Gasteiger partial charge in [-0.2, -0.15) is 0 Å². The summed E-state index contributed by atoms with van der Waals surface area (Å²) < 4.78 is 0. The first-order valence-corrected chi connectivity index (χ1v) is 6.92. The van der Waals surface area contributed by atoms with E-state index in [1.807, 2.05) is 0 Å². The fraction of sp³-hybridized carbons (Fsp3) is 0.929. The van der Waals surface area contributed by atoms with Crippen LogP contribution in [0.25, 0.3) is 0 Å². The molecule has 3 nitrogen and oxygen atoms in total. The number of likely N-dealkylation sites (N-methyl/N-ethyl adjacent to an activating group) is 1. The summed E-state index contributed by atoms with van der Waals surface area (Å²) in [4.78, 5) is 16.1. The van der Waals surface area contributed by atoms with Gasteiger partial charge in [-0.15, -0.1) is 0 Å². The maximum absolute atomic E-state index is 11.3. The summed E-state index contributed by atoms with van der Waals surface area (Å²) in [6.45, 7) is 7.47. The molecule has 1 aliphatic heterocycles. The topological polar surface area (TPSA) is 23.6 Å². The summed E-state index contributed by atoms with van der Waals surface area (Å²) in [7, 11) is 4.31. The molecule has 1 fully saturated rings. The van der Waals surface area contributed by atoms with E-state index in [-0.39, 0.29) is 5.41 Å². The molecule has 0 aromatic carbocycles. The molecular weight excluding hydrogens is 212 g/mol. The molecule has 0 spiro atoms. The number of piperidine rings is 1. The van der Waals surface area contributed by atoms with Crippen LogP contribution in [0.4, 0.5) is 0 Å². The quantitative estimate of drug-likeness (QED) is 0.664. The van der Waals surface area contributed by atoms with Crippen LogP contribution in [0.3, 0.4) is 0 Å². The number of nitrogens with zero attached hydrogens (tertiary/aromatic N) is 2. The first-order chi connectivity index (χ1) is 8.06. The molecule has 0 aromatic heterocycles. The van der Waals surface area contributed by atoms with Crippen LogP contribution in [-0.4, -0.2) is 55.9 Å². The summed E-state index contributed by atoms with van der Waals surface area (Å²) in [6.07, 6.45) is 5.64. The predicted molar refractivity (Wildman–Crippen MR) is 72.2 cm³/mol. The highest BCUT2D eigenvalue weighted by Crippen LogP contribution is 2.26. The normalized spacial score (nSPS) is 23.0. The molecule has 0 radical (unpaired) electrons. The molecule has 0 amide bonds. The highest BCUT2D eigenvalue weighted by atomic mass is 16.1. The van der Waals surface area contributed by atoms with Crippen LogP contribution < -0.4 is 0 Å². The second-order valence-corrected chi connectivity index (χ2v) is 5.68. The molecule has 17 heavy (non-hydrogen) atoms. The Morgan fingerprint density at radius 3 is 2.47 bits per heavy atom. The fourth-order valence-electron chi connectivity index (χ4n) is 2.72. The minimum absolute atomic E-state index is 0.117. The molecule has 0 aliphatic carbocycles. The largest absolute Gasteiger partial charge is 0.305 e. The van der Waals surface area contributed by atoms with E-state index < -0.39 is 0 Å². The Hall–Kier alpha value is -0.410. The molecule has 3 heteroatoms. The van der Waals surface area contributed by atoms with Crippen LogP contribution in [0.1, 0.15) is 39.5 Å². The minimum Gasteiger partial charge on any atom is -0.305 e. The highest BCUT2D eigenvalue weighted by Gasteiger charge is 2.31. The van der Waals surface area contributed by atoms with Gasteiger partial charge in [0.25, 0.3) is 0 Å². The Kier molecular flexibility index (Phi) is 5.60. The number of hydrogen-bond acceptors (Lipinski definition) is 3. The van der Waals surface area contributed by atoms with Gasteiger partial charge in [-0.3, -0.25) is 0 Å². The van der Waals surface area contributed by atoms with Crippen LogP contribution >= 0.6 is 0 Å². The van der Waals surface area contributed by atoms with Crippen LogP contribution in [0.2, 0.25) is 0 Å². The van der Waals surface area contributed by atoms with E-state index in [1.54, 1.807) is 0 Å². The van der Waals surface area contributed by atoms with E-state index in [2.05, 4.69) is 37.7 Å². The molecule has 0 bridgehead atoms. The van der Waals surface area contributed by atoms with E-state index >= 15 is 0 Å². The van der Waals surface area contributed by atoms with Crippen molar-refractivity contribution in [1.29, 1.82) is 0 Å². The molecule has 100 valence electrons. The third kappa shape index (κ3) is 3.78. The van der Waals surface area contributed by atoms with Crippen LogP contribution in [0.5, 0.6) is 0 Å². The van der Waals surface area contributed by atoms with E-state index in [9.17, 15) is 4.79 Å². The summed E-state index contributed by atoms with van der Waals surface area (Å²) in [5.41, 5.74) is -0.117. The van der Waals surface area contributed by atoms with Gasteiger partial charge in [-0.25, -0.2) is 0 Å². The molecule has 1 unspecified atom stereocenters. The van der Waals surface area contributed by atoms with Gasteiger partial charge in [-0.05, 0) is 46.3 Å². The molecule has 0 N–H and O–H groups in total. The van der Waals surface area contributed by atoms with Crippen LogP contribution in [0, 0.1) is 5.41 Å². The van der Waals surface area contributed by atoms with Crippen molar-refractivity contribution in [3.8, 4) is 0 Å². The Labute approximate surface area is 106 Å². The molecule has 0 aromatic rings. The van der Waals surface area contributed by atoms with Gasteiger partial charge < -0.3 is 14.6 Å². The summed E-state index contributed by atoms with van der Waals surface area (Å²) >= 11 is 0. The number of rotatable bonds is 6. The lowest BCUT2D eigenvalue weighted by molar-refractivity contribution is -0.118. The van der Waals surface area contributed by atoms with Crippen molar-refractivity contribution in [2.24, 2.45) is 5.41 Å². The van der Waals surface area contributed by atoms with Crippen molar-refractivity contribution >= 4 is 6.29 Å². The summed E-state index contributed by atoms with van der Waals surface area (Å²) in [6, 6.07) is 0.654. The molecule has 1 saturated heterocycles. The number of aldehydes is 1. The smallest absolute Gasteiger partial charge is 0.127 e. The van der Waals surface area contributed by atoms with E-state index in [1.165, 1.54) is 19.1 Å². The Morgan fingerprint density at radius 2 is 2.00 bits per heavy atom. The fourth-order valence-corrected chi connectivity index (χ4v) is 2.72. The molecule has 1 atom stereocenters. The van der Waals surface area contributed by atoms with Crippen molar-refractivity contribution < 1.29 is 4.79 Å². The molecule has 1 aliphatic rings. The Bertz CT molecular complexity index is 236. The second-order valence-electron chi connectivity index (χ2n) is 5.68. The second kappa shape index (κ2) is 6.50. The van der Waals surface area contributed by atoms with Gasteiger partial charge in [0, 0.05) is 24.5 Å². The first kappa shape index (κ1) is 14.7. The average molecular weight is 240 g/mol. The Morgan fingerprint density at radius 1 is 1.35 bits per heavy atom. The standard InChI is InChI=1S/C14H28N2O/c1-5-14(6-2,12-17)11-16-9-7-8-13(10-16)15(3)4/h12-13H,5-11H2,1-4H3. The third-order valence-corrected chi connectivity index (χ3v) is 4.41. The Balaban J connectivity index is 2.58. The van der Waals surface area contributed by atoms with Crippen molar-refractivity contribution in [3.63, 3.8) is 0 Å². The lowest BCUT2D eigenvalue weighted by Crippen LogP contribution is -2.49. The van der Waals surface area contributed by atoms with E-state index in [0.717, 1.165) is 32.5 Å². The molecular formula is C14H28N2O. The predicted octanol–water partition coefficient (Wildman–Crippen LogP) is 2.02. The molecule has 0 saturated carbocycles. The van der Waals surface area contributed by atoms with Gasteiger partial charge in [-0.1, -0.05) is 13.8 Å². The van der Waals surface area contributed by atoms with Crippen molar-refractivity contribution in [2.45, 2.75) is 45.6 Å². The van der Waals surface area contributed by atoms with Crippen LogP contribution in [0.15, 0.2) is 0 Å².